The number of allylic oxidation sites excluding steroid dienone is 1. The molecular weight excluding hydrogens is 134 g/mol. The zero-order chi connectivity index (χ0) is 8.27. The maximum Gasteiger partial charge on any atom is 0.00791 e. The Labute approximate surface area is 69.7 Å². The van der Waals surface area contributed by atoms with Crippen molar-refractivity contribution in [2.24, 2.45) is 11.7 Å². The molecule has 2 unspecified atom stereocenters. The zero-order valence-electron chi connectivity index (χ0n) is 7.64. The monoisotopic (exact) mass is 153 g/mol. The van der Waals surface area contributed by atoms with Crippen molar-refractivity contribution < 1.29 is 0 Å². The molecule has 1 aliphatic carbocycles. The van der Waals surface area contributed by atoms with E-state index in [4.69, 9.17) is 5.73 Å². The van der Waals surface area contributed by atoms with Gasteiger partial charge in [0.05, 0.1) is 0 Å². The molecule has 0 aromatic rings. The minimum Gasteiger partial charge on any atom is -0.327 e. The third kappa shape index (κ3) is 2.66. The van der Waals surface area contributed by atoms with E-state index in [9.17, 15) is 0 Å². The second-order valence-electron chi connectivity index (χ2n) is 3.71. The molecule has 0 heterocycles. The summed E-state index contributed by atoms with van der Waals surface area (Å²) < 4.78 is 0. The molecule has 2 N–H and O–H groups in total. The van der Waals surface area contributed by atoms with E-state index in [1.165, 1.54) is 19.3 Å². The minimum atomic E-state index is 0.449. The molecule has 0 bridgehead atoms. The molecule has 0 aliphatic heterocycles. The highest BCUT2D eigenvalue weighted by atomic mass is 14.6. The first-order valence-electron chi connectivity index (χ1n) is 4.67. The Morgan fingerprint density at radius 1 is 1.73 bits per heavy atom. The molecule has 1 nitrogen and oxygen atoms in total. The van der Waals surface area contributed by atoms with Crippen molar-refractivity contribution in [1.29, 1.82) is 0 Å². The molecule has 1 fully saturated rings. The van der Waals surface area contributed by atoms with Crippen LogP contribution in [0.5, 0.6) is 0 Å². The van der Waals surface area contributed by atoms with Gasteiger partial charge < -0.3 is 5.73 Å². The van der Waals surface area contributed by atoms with Gasteiger partial charge in [0, 0.05) is 6.04 Å². The summed E-state index contributed by atoms with van der Waals surface area (Å²) in [5.41, 5.74) is 7.39. The summed E-state index contributed by atoms with van der Waals surface area (Å²) >= 11 is 0. The molecule has 1 heteroatoms. The van der Waals surface area contributed by atoms with Gasteiger partial charge in [0.2, 0.25) is 0 Å². The molecule has 0 spiro atoms. The highest BCUT2D eigenvalue weighted by molar-refractivity contribution is 5.10. The largest absolute Gasteiger partial charge is 0.327 e. The van der Waals surface area contributed by atoms with Gasteiger partial charge in [-0.25, -0.2) is 0 Å². The molecule has 0 aromatic carbocycles. The van der Waals surface area contributed by atoms with E-state index in [1.54, 1.807) is 5.57 Å². The van der Waals surface area contributed by atoms with E-state index in [0.717, 1.165) is 12.3 Å². The van der Waals surface area contributed by atoms with Crippen molar-refractivity contribution in [1.82, 2.24) is 0 Å². The summed E-state index contributed by atoms with van der Waals surface area (Å²) in [5.74, 6) is 0.746. The van der Waals surface area contributed by atoms with Gasteiger partial charge in [-0.05, 0) is 25.2 Å². The molecule has 0 radical (unpaired) electrons. The van der Waals surface area contributed by atoms with E-state index in [-0.39, 0.29) is 0 Å². The first-order chi connectivity index (χ1) is 5.22. The first kappa shape index (κ1) is 8.79. The summed E-state index contributed by atoms with van der Waals surface area (Å²) in [6.45, 7) is 4.51. The van der Waals surface area contributed by atoms with Crippen LogP contribution in [0.2, 0.25) is 0 Å². The molecule has 1 saturated carbocycles. The van der Waals surface area contributed by atoms with Gasteiger partial charge in [-0.3, -0.25) is 0 Å². The highest BCUT2D eigenvalue weighted by Gasteiger charge is 2.15. The number of hydrogen-bond acceptors (Lipinski definition) is 1. The van der Waals surface area contributed by atoms with E-state index in [2.05, 4.69) is 19.9 Å². The fourth-order valence-corrected chi connectivity index (χ4v) is 1.58. The van der Waals surface area contributed by atoms with Gasteiger partial charge in [-0.1, -0.05) is 31.9 Å². The summed E-state index contributed by atoms with van der Waals surface area (Å²) in [4.78, 5) is 0. The van der Waals surface area contributed by atoms with E-state index in [0.29, 0.717) is 6.04 Å². The lowest BCUT2D eigenvalue weighted by molar-refractivity contribution is 0.686. The molecule has 0 aromatic heterocycles. The maximum absolute atomic E-state index is 5.80. The predicted molar refractivity (Wildman–Crippen MR) is 49.4 cm³/mol. The average Bonchev–Trinajstić information content (AvgIpc) is 2.35. The van der Waals surface area contributed by atoms with Crippen LogP contribution in [0.1, 0.15) is 39.5 Å². The van der Waals surface area contributed by atoms with Crippen LogP contribution in [-0.4, -0.2) is 6.04 Å². The Kier molecular flexibility index (Phi) is 3.13. The van der Waals surface area contributed by atoms with Crippen LogP contribution in [0.4, 0.5) is 0 Å². The van der Waals surface area contributed by atoms with Crippen molar-refractivity contribution in [3.63, 3.8) is 0 Å². The second-order valence-corrected chi connectivity index (χ2v) is 3.71. The van der Waals surface area contributed by atoms with Crippen LogP contribution in [0.25, 0.3) is 0 Å². The van der Waals surface area contributed by atoms with Gasteiger partial charge in [0.15, 0.2) is 0 Å². The minimum absolute atomic E-state index is 0.449. The Bertz CT molecular complexity index is 149. The normalized spacial score (nSPS) is 31.2. The second kappa shape index (κ2) is 3.91. The molecule has 1 rings (SSSR count). The third-order valence-corrected chi connectivity index (χ3v) is 2.52. The lowest BCUT2D eigenvalue weighted by Crippen LogP contribution is -2.13. The zero-order valence-corrected chi connectivity index (χ0v) is 7.64. The summed E-state index contributed by atoms with van der Waals surface area (Å²) in [5, 5.41) is 0. The van der Waals surface area contributed by atoms with Crippen LogP contribution in [0.3, 0.4) is 0 Å². The molecule has 2 atom stereocenters. The van der Waals surface area contributed by atoms with Crippen LogP contribution in [0.15, 0.2) is 11.6 Å². The Morgan fingerprint density at radius 2 is 2.45 bits per heavy atom. The van der Waals surface area contributed by atoms with Gasteiger partial charge in [0.25, 0.3) is 0 Å². The molecule has 0 amide bonds. The smallest absolute Gasteiger partial charge is 0.00791 e. The third-order valence-electron chi connectivity index (χ3n) is 2.52. The lowest BCUT2D eigenvalue weighted by Gasteiger charge is -2.03. The molecule has 1 aliphatic rings. The van der Waals surface area contributed by atoms with Crippen LogP contribution in [-0.2, 0) is 0 Å². The lowest BCUT2D eigenvalue weighted by atomic mass is 10.0. The van der Waals surface area contributed by atoms with Crippen LogP contribution in [0, 0.1) is 5.92 Å². The fraction of sp³-hybridized carbons (Fsp3) is 0.800. The van der Waals surface area contributed by atoms with Crippen LogP contribution >= 0.6 is 0 Å². The Balaban J connectivity index is 2.41. The molecule has 11 heavy (non-hydrogen) atoms. The highest BCUT2D eigenvalue weighted by Crippen LogP contribution is 2.24. The maximum atomic E-state index is 5.80. The van der Waals surface area contributed by atoms with Crippen molar-refractivity contribution in [2.75, 3.05) is 0 Å². The van der Waals surface area contributed by atoms with E-state index < -0.39 is 0 Å². The van der Waals surface area contributed by atoms with Crippen molar-refractivity contribution >= 4 is 0 Å². The Hall–Kier alpha value is -0.300. The van der Waals surface area contributed by atoms with Crippen molar-refractivity contribution in [3.05, 3.63) is 11.6 Å². The number of hydrogen-bond donors (Lipinski definition) is 1. The van der Waals surface area contributed by atoms with Crippen molar-refractivity contribution in [3.8, 4) is 0 Å². The van der Waals surface area contributed by atoms with Crippen LogP contribution < -0.4 is 5.73 Å². The molecular formula is C10H19N. The van der Waals surface area contributed by atoms with E-state index in [1.807, 2.05) is 0 Å². The fourth-order valence-electron chi connectivity index (χ4n) is 1.58. The average molecular weight is 153 g/mol. The summed E-state index contributed by atoms with van der Waals surface area (Å²) in [6.07, 6.45) is 7.24. The summed E-state index contributed by atoms with van der Waals surface area (Å²) in [6, 6.07) is 0.449. The SMILES string of the molecule is CCC(C)/C=C1/CCC(N)C1. The number of nitrogens with two attached hydrogens (primary N) is 1. The van der Waals surface area contributed by atoms with Gasteiger partial charge >= 0.3 is 0 Å². The Morgan fingerprint density at radius 3 is 2.91 bits per heavy atom. The number of rotatable bonds is 2. The van der Waals surface area contributed by atoms with Crippen molar-refractivity contribution in [2.45, 2.75) is 45.6 Å². The molecule has 64 valence electrons. The quantitative estimate of drug-likeness (QED) is 0.606. The standard InChI is InChI=1S/C10H19N/c1-3-8(2)6-9-4-5-10(11)7-9/h6,8,10H,3-5,7,11H2,1-2H3/b9-6-. The molecule has 0 saturated heterocycles. The van der Waals surface area contributed by atoms with Gasteiger partial charge in [-0.2, -0.15) is 0 Å². The van der Waals surface area contributed by atoms with E-state index >= 15 is 0 Å². The topological polar surface area (TPSA) is 26.0 Å². The predicted octanol–water partition coefficient (Wildman–Crippen LogP) is 2.47. The van der Waals surface area contributed by atoms with Gasteiger partial charge in [0.1, 0.15) is 0 Å². The van der Waals surface area contributed by atoms with Gasteiger partial charge in [-0.15, -0.1) is 0 Å². The summed E-state index contributed by atoms with van der Waals surface area (Å²) in [7, 11) is 0. The first-order valence-corrected chi connectivity index (χ1v) is 4.67.